The molecule has 1 saturated heterocycles. The molecule has 0 N–H and O–H groups in total. The highest BCUT2D eigenvalue weighted by atomic mass is 16.2. The van der Waals surface area contributed by atoms with Crippen LogP contribution in [-0.4, -0.2) is 19.1 Å². The zero-order chi connectivity index (χ0) is 8.13. The van der Waals surface area contributed by atoms with Gasteiger partial charge in [-0.05, 0) is 12.1 Å². The predicted octanol–water partition coefficient (Wildman–Crippen LogP) is 0.811. The fourth-order valence-electron chi connectivity index (χ4n) is 1.88. The molecular formula is C9H8N2O. The quantitative estimate of drug-likeness (QED) is 0.560. The first-order chi connectivity index (χ1) is 5.86. The molecule has 2 aliphatic rings. The second kappa shape index (κ2) is 1.80. The second-order valence-electron chi connectivity index (χ2n) is 3.15. The average molecular weight is 160 g/mol. The summed E-state index contributed by atoms with van der Waals surface area (Å²) in [6.07, 6.45) is 0. The molecule has 60 valence electrons. The van der Waals surface area contributed by atoms with Crippen LogP contribution in [0.25, 0.3) is 0 Å². The van der Waals surface area contributed by atoms with Crippen molar-refractivity contribution in [3.05, 3.63) is 24.3 Å². The maximum absolute atomic E-state index is 11.3. The highest BCUT2D eigenvalue weighted by molar-refractivity contribution is 6.07. The number of hydrogen-bond donors (Lipinski definition) is 0. The molecule has 2 heterocycles. The lowest BCUT2D eigenvalue weighted by Gasteiger charge is -2.16. The molecule has 0 spiro atoms. The summed E-state index contributed by atoms with van der Waals surface area (Å²) in [5.74, 6) is 0.216. The van der Waals surface area contributed by atoms with Gasteiger partial charge in [-0.3, -0.25) is 9.69 Å². The van der Waals surface area contributed by atoms with Crippen LogP contribution in [0.15, 0.2) is 24.3 Å². The van der Waals surface area contributed by atoms with E-state index < -0.39 is 0 Å². The maximum atomic E-state index is 11.3. The Morgan fingerprint density at radius 2 is 1.92 bits per heavy atom. The smallest absolute Gasteiger partial charge is 0.248 e. The molecular weight excluding hydrogens is 152 g/mol. The third-order valence-electron chi connectivity index (χ3n) is 2.45. The summed E-state index contributed by atoms with van der Waals surface area (Å²) in [5.41, 5.74) is 2.26. The summed E-state index contributed by atoms with van der Waals surface area (Å²) >= 11 is 0. The number of para-hydroxylation sites is 2. The molecule has 2 bridgehead atoms. The number of carbonyl (C=O) groups excluding carboxylic acids is 1. The Kier molecular flexibility index (Phi) is 0.909. The zero-order valence-electron chi connectivity index (χ0n) is 6.53. The number of amides is 1. The number of carbonyl (C=O) groups is 1. The van der Waals surface area contributed by atoms with Gasteiger partial charge in [0, 0.05) is 0 Å². The normalized spacial score (nSPS) is 18.8. The van der Waals surface area contributed by atoms with E-state index >= 15 is 0 Å². The fraction of sp³-hybridized carbons (Fsp3) is 0.222. The van der Waals surface area contributed by atoms with E-state index in [1.165, 1.54) is 5.69 Å². The van der Waals surface area contributed by atoms with Crippen LogP contribution in [0.5, 0.6) is 0 Å². The summed E-state index contributed by atoms with van der Waals surface area (Å²) < 4.78 is 0. The van der Waals surface area contributed by atoms with Crippen LogP contribution in [0.2, 0.25) is 0 Å². The summed E-state index contributed by atoms with van der Waals surface area (Å²) in [6.45, 7) is 1.30. The van der Waals surface area contributed by atoms with Crippen LogP contribution < -0.4 is 9.80 Å². The van der Waals surface area contributed by atoms with Crippen molar-refractivity contribution < 1.29 is 4.79 Å². The van der Waals surface area contributed by atoms with Crippen LogP contribution >= 0.6 is 0 Å². The molecule has 0 aromatic heterocycles. The van der Waals surface area contributed by atoms with Gasteiger partial charge in [-0.2, -0.15) is 0 Å². The molecule has 2 aliphatic heterocycles. The number of hydrogen-bond acceptors (Lipinski definition) is 2. The molecule has 0 aliphatic carbocycles. The molecule has 0 radical (unpaired) electrons. The highest BCUT2D eigenvalue weighted by Gasteiger charge is 2.37. The molecule has 0 saturated carbocycles. The third kappa shape index (κ3) is 0.548. The Morgan fingerprint density at radius 1 is 1.17 bits per heavy atom. The van der Waals surface area contributed by atoms with Gasteiger partial charge in [-0.15, -0.1) is 0 Å². The molecule has 1 aromatic rings. The topological polar surface area (TPSA) is 23.6 Å². The van der Waals surface area contributed by atoms with E-state index in [0.29, 0.717) is 6.54 Å². The molecule has 12 heavy (non-hydrogen) atoms. The number of nitrogens with zero attached hydrogens (tertiary/aromatic N) is 2. The van der Waals surface area contributed by atoms with Gasteiger partial charge in [0.1, 0.15) is 0 Å². The monoisotopic (exact) mass is 160 g/mol. The van der Waals surface area contributed by atoms with Crippen LogP contribution in [0.3, 0.4) is 0 Å². The van der Waals surface area contributed by atoms with Gasteiger partial charge in [0.25, 0.3) is 0 Å². The van der Waals surface area contributed by atoms with Crippen molar-refractivity contribution >= 4 is 17.3 Å². The van der Waals surface area contributed by atoms with Crippen LogP contribution in [0.1, 0.15) is 0 Å². The standard InChI is InChI=1S/C9H8N2O/c12-9-5-10-6-11(9)8-4-2-1-3-7(8)10/h1-4H,5-6H2. The molecule has 3 heteroatoms. The summed E-state index contributed by atoms with van der Waals surface area (Å²) in [7, 11) is 0. The SMILES string of the molecule is O=C1CN2CN1c1ccccc12. The van der Waals surface area contributed by atoms with E-state index in [-0.39, 0.29) is 5.91 Å². The third-order valence-corrected chi connectivity index (χ3v) is 2.45. The van der Waals surface area contributed by atoms with Crippen molar-refractivity contribution in [1.29, 1.82) is 0 Å². The van der Waals surface area contributed by atoms with Gasteiger partial charge in [0.2, 0.25) is 5.91 Å². The number of fused-ring (bicyclic) bond motifs is 5. The van der Waals surface area contributed by atoms with Gasteiger partial charge in [-0.25, -0.2) is 0 Å². The maximum Gasteiger partial charge on any atom is 0.248 e. The van der Waals surface area contributed by atoms with E-state index in [0.717, 1.165) is 12.4 Å². The molecule has 3 rings (SSSR count). The Morgan fingerprint density at radius 3 is 2.75 bits per heavy atom. The van der Waals surface area contributed by atoms with Crippen molar-refractivity contribution in [2.24, 2.45) is 0 Å². The van der Waals surface area contributed by atoms with Gasteiger partial charge in [0.15, 0.2) is 0 Å². The fourth-order valence-corrected chi connectivity index (χ4v) is 1.88. The average Bonchev–Trinajstić information content (AvgIpc) is 2.62. The molecule has 0 atom stereocenters. The Bertz CT molecular complexity index is 361. The first-order valence-electron chi connectivity index (χ1n) is 4.00. The Labute approximate surface area is 70.2 Å². The van der Waals surface area contributed by atoms with E-state index in [1.807, 2.05) is 23.1 Å². The minimum Gasteiger partial charge on any atom is -0.342 e. The summed E-state index contributed by atoms with van der Waals surface area (Å²) in [5, 5.41) is 0. The van der Waals surface area contributed by atoms with Crippen molar-refractivity contribution in [2.45, 2.75) is 0 Å². The Hall–Kier alpha value is -1.51. The first kappa shape index (κ1) is 6.06. The van der Waals surface area contributed by atoms with Crippen LogP contribution in [-0.2, 0) is 4.79 Å². The van der Waals surface area contributed by atoms with Crippen molar-refractivity contribution in [1.82, 2.24) is 0 Å². The van der Waals surface area contributed by atoms with Gasteiger partial charge in [0.05, 0.1) is 24.6 Å². The minimum atomic E-state index is 0.216. The minimum absolute atomic E-state index is 0.216. The predicted molar refractivity (Wildman–Crippen MR) is 46.1 cm³/mol. The molecule has 3 nitrogen and oxygen atoms in total. The van der Waals surface area contributed by atoms with Crippen LogP contribution in [0.4, 0.5) is 11.4 Å². The van der Waals surface area contributed by atoms with Gasteiger partial charge in [-0.1, -0.05) is 12.1 Å². The van der Waals surface area contributed by atoms with Crippen molar-refractivity contribution in [3.63, 3.8) is 0 Å². The number of benzene rings is 1. The largest absolute Gasteiger partial charge is 0.342 e. The molecule has 0 unspecified atom stereocenters. The van der Waals surface area contributed by atoms with E-state index in [2.05, 4.69) is 11.0 Å². The lowest BCUT2D eigenvalue weighted by molar-refractivity contribution is -0.116. The van der Waals surface area contributed by atoms with Crippen molar-refractivity contribution in [2.75, 3.05) is 23.0 Å². The lowest BCUT2D eigenvalue weighted by atomic mass is 10.2. The van der Waals surface area contributed by atoms with Crippen LogP contribution in [0, 0.1) is 0 Å². The number of anilines is 2. The zero-order valence-corrected chi connectivity index (χ0v) is 6.53. The van der Waals surface area contributed by atoms with E-state index in [9.17, 15) is 4.79 Å². The number of rotatable bonds is 0. The summed E-state index contributed by atoms with van der Waals surface area (Å²) in [6, 6.07) is 8.02. The molecule has 1 fully saturated rings. The molecule has 1 aromatic carbocycles. The first-order valence-corrected chi connectivity index (χ1v) is 4.00. The Balaban J connectivity index is 2.23. The van der Waals surface area contributed by atoms with E-state index in [4.69, 9.17) is 0 Å². The van der Waals surface area contributed by atoms with Gasteiger partial charge >= 0.3 is 0 Å². The lowest BCUT2D eigenvalue weighted by Crippen LogP contribution is -2.25. The summed E-state index contributed by atoms with van der Waals surface area (Å²) in [4.78, 5) is 15.2. The van der Waals surface area contributed by atoms with E-state index in [1.54, 1.807) is 0 Å². The van der Waals surface area contributed by atoms with Crippen molar-refractivity contribution in [3.8, 4) is 0 Å². The molecule has 1 amide bonds. The highest BCUT2D eigenvalue weighted by Crippen LogP contribution is 2.39. The van der Waals surface area contributed by atoms with Gasteiger partial charge < -0.3 is 4.90 Å². The second-order valence-corrected chi connectivity index (χ2v) is 3.15.